The number of nitrogen functional groups attached to an aromatic ring is 1. The van der Waals surface area contributed by atoms with Gasteiger partial charge in [-0.15, -0.1) is 0 Å². The van der Waals surface area contributed by atoms with Crippen molar-refractivity contribution in [1.29, 1.82) is 5.26 Å². The summed E-state index contributed by atoms with van der Waals surface area (Å²) in [5.41, 5.74) is 8.13. The Morgan fingerprint density at radius 2 is 2.24 bits per heavy atom. The van der Waals surface area contributed by atoms with Crippen LogP contribution in [-0.2, 0) is 0 Å². The van der Waals surface area contributed by atoms with E-state index in [0.29, 0.717) is 11.3 Å². The van der Waals surface area contributed by atoms with Crippen LogP contribution in [0.15, 0.2) is 18.2 Å². The van der Waals surface area contributed by atoms with Crippen LogP contribution in [-0.4, -0.2) is 13.1 Å². The van der Waals surface area contributed by atoms with E-state index in [0.717, 1.165) is 24.7 Å². The highest BCUT2D eigenvalue weighted by Crippen LogP contribution is 2.29. The Labute approximate surface area is 103 Å². The minimum atomic E-state index is 0.563. The zero-order valence-electron chi connectivity index (χ0n) is 10.3. The van der Waals surface area contributed by atoms with Crippen LogP contribution in [0.5, 0.6) is 0 Å². The SMILES string of the molecule is CCN(CC1CCC1)c1ccc(C#N)c(N)c1. The molecule has 1 aromatic carbocycles. The van der Waals surface area contributed by atoms with Gasteiger partial charge in [0.2, 0.25) is 0 Å². The molecule has 2 rings (SSSR count). The van der Waals surface area contributed by atoms with E-state index in [4.69, 9.17) is 11.0 Å². The predicted octanol–water partition coefficient (Wildman–Crippen LogP) is 2.77. The van der Waals surface area contributed by atoms with Gasteiger partial charge in [-0.05, 0) is 43.9 Å². The molecule has 0 heterocycles. The lowest BCUT2D eigenvalue weighted by atomic mass is 9.85. The van der Waals surface area contributed by atoms with Gasteiger partial charge in [0.15, 0.2) is 0 Å². The minimum Gasteiger partial charge on any atom is -0.398 e. The second-order valence-electron chi connectivity index (χ2n) is 4.72. The first kappa shape index (κ1) is 11.8. The molecule has 0 amide bonds. The number of nitrogens with two attached hydrogens (primary N) is 1. The van der Waals surface area contributed by atoms with Crippen molar-refractivity contribution in [3.8, 4) is 6.07 Å². The molecule has 0 aliphatic heterocycles. The summed E-state index contributed by atoms with van der Waals surface area (Å²) in [5, 5.41) is 8.85. The van der Waals surface area contributed by atoms with Gasteiger partial charge in [-0.3, -0.25) is 0 Å². The van der Waals surface area contributed by atoms with Gasteiger partial charge < -0.3 is 10.6 Å². The first-order valence-electron chi connectivity index (χ1n) is 6.29. The molecule has 1 aromatic rings. The fourth-order valence-electron chi connectivity index (χ4n) is 2.25. The highest BCUT2D eigenvalue weighted by Gasteiger charge is 2.20. The summed E-state index contributed by atoms with van der Waals surface area (Å²) in [7, 11) is 0. The van der Waals surface area contributed by atoms with Crippen LogP contribution in [0, 0.1) is 17.2 Å². The summed E-state index contributed by atoms with van der Waals surface area (Å²) in [6.07, 6.45) is 4.07. The standard InChI is InChI=1S/C14H19N3/c1-2-17(10-11-4-3-5-11)13-7-6-12(9-15)14(16)8-13/h6-8,11H,2-5,10,16H2,1H3. The van der Waals surface area contributed by atoms with Gasteiger partial charge in [-0.25, -0.2) is 0 Å². The highest BCUT2D eigenvalue weighted by molar-refractivity contribution is 5.63. The molecule has 1 aliphatic rings. The van der Waals surface area contributed by atoms with E-state index in [9.17, 15) is 0 Å². The number of rotatable bonds is 4. The quantitative estimate of drug-likeness (QED) is 0.808. The Bertz CT molecular complexity index is 430. The molecule has 3 nitrogen and oxygen atoms in total. The number of anilines is 2. The summed E-state index contributed by atoms with van der Waals surface area (Å²) in [6, 6.07) is 7.83. The summed E-state index contributed by atoms with van der Waals surface area (Å²) >= 11 is 0. The van der Waals surface area contributed by atoms with E-state index >= 15 is 0 Å². The number of nitriles is 1. The second-order valence-corrected chi connectivity index (χ2v) is 4.72. The van der Waals surface area contributed by atoms with E-state index in [2.05, 4.69) is 17.9 Å². The largest absolute Gasteiger partial charge is 0.398 e. The van der Waals surface area contributed by atoms with E-state index in [1.807, 2.05) is 18.2 Å². The van der Waals surface area contributed by atoms with Crippen LogP contribution in [0.25, 0.3) is 0 Å². The van der Waals surface area contributed by atoms with Gasteiger partial charge >= 0.3 is 0 Å². The zero-order chi connectivity index (χ0) is 12.3. The lowest BCUT2D eigenvalue weighted by Gasteiger charge is -2.33. The summed E-state index contributed by atoms with van der Waals surface area (Å²) in [4.78, 5) is 2.35. The normalized spacial score (nSPS) is 15.1. The van der Waals surface area contributed by atoms with E-state index in [-0.39, 0.29) is 0 Å². The fourth-order valence-corrected chi connectivity index (χ4v) is 2.25. The van der Waals surface area contributed by atoms with Crippen molar-refractivity contribution in [1.82, 2.24) is 0 Å². The van der Waals surface area contributed by atoms with Crippen molar-refractivity contribution in [2.75, 3.05) is 23.7 Å². The van der Waals surface area contributed by atoms with Crippen molar-refractivity contribution in [3.05, 3.63) is 23.8 Å². The van der Waals surface area contributed by atoms with Gasteiger partial charge in [0, 0.05) is 18.8 Å². The Morgan fingerprint density at radius 1 is 1.47 bits per heavy atom. The predicted molar refractivity (Wildman–Crippen MR) is 70.8 cm³/mol. The molecule has 0 radical (unpaired) electrons. The second kappa shape index (κ2) is 5.09. The maximum absolute atomic E-state index is 8.85. The number of hydrogen-bond donors (Lipinski definition) is 1. The van der Waals surface area contributed by atoms with E-state index < -0.39 is 0 Å². The van der Waals surface area contributed by atoms with E-state index in [1.54, 1.807) is 0 Å². The molecule has 0 unspecified atom stereocenters. The molecule has 0 spiro atoms. The first-order valence-corrected chi connectivity index (χ1v) is 6.29. The summed E-state index contributed by atoms with van der Waals surface area (Å²) < 4.78 is 0. The van der Waals surface area contributed by atoms with Crippen LogP contribution in [0.4, 0.5) is 11.4 Å². The van der Waals surface area contributed by atoms with Crippen molar-refractivity contribution in [3.63, 3.8) is 0 Å². The number of nitrogens with zero attached hydrogens (tertiary/aromatic N) is 2. The third-order valence-corrected chi connectivity index (χ3v) is 3.61. The van der Waals surface area contributed by atoms with Gasteiger partial charge in [-0.1, -0.05) is 6.42 Å². The zero-order valence-corrected chi connectivity index (χ0v) is 10.3. The average Bonchev–Trinajstić information content (AvgIpc) is 2.28. The Balaban J connectivity index is 2.13. The topological polar surface area (TPSA) is 53.0 Å². The Hall–Kier alpha value is -1.69. The van der Waals surface area contributed by atoms with Crippen LogP contribution in [0.2, 0.25) is 0 Å². The molecule has 1 fully saturated rings. The fraction of sp³-hybridized carbons (Fsp3) is 0.500. The maximum atomic E-state index is 8.85. The molecule has 1 saturated carbocycles. The molecule has 2 N–H and O–H groups in total. The van der Waals surface area contributed by atoms with Gasteiger partial charge in [0.25, 0.3) is 0 Å². The van der Waals surface area contributed by atoms with Crippen LogP contribution < -0.4 is 10.6 Å². The van der Waals surface area contributed by atoms with Gasteiger partial charge in [-0.2, -0.15) is 5.26 Å². The van der Waals surface area contributed by atoms with Gasteiger partial charge in [0.1, 0.15) is 6.07 Å². The molecular formula is C14H19N3. The first-order chi connectivity index (χ1) is 8.24. The van der Waals surface area contributed by atoms with Crippen LogP contribution in [0.1, 0.15) is 31.7 Å². The molecule has 17 heavy (non-hydrogen) atoms. The molecular weight excluding hydrogens is 210 g/mol. The number of hydrogen-bond acceptors (Lipinski definition) is 3. The van der Waals surface area contributed by atoms with E-state index in [1.165, 1.54) is 19.3 Å². The van der Waals surface area contributed by atoms with Crippen LogP contribution >= 0.6 is 0 Å². The highest BCUT2D eigenvalue weighted by atomic mass is 15.1. The Morgan fingerprint density at radius 3 is 2.71 bits per heavy atom. The van der Waals surface area contributed by atoms with Crippen molar-refractivity contribution in [2.45, 2.75) is 26.2 Å². The summed E-state index contributed by atoms with van der Waals surface area (Å²) in [5.74, 6) is 0.840. The lowest BCUT2D eigenvalue weighted by molar-refractivity contribution is 0.318. The molecule has 0 saturated heterocycles. The third-order valence-electron chi connectivity index (χ3n) is 3.61. The summed E-state index contributed by atoms with van der Waals surface area (Å²) in [6.45, 7) is 4.26. The molecule has 0 bridgehead atoms. The third kappa shape index (κ3) is 2.52. The van der Waals surface area contributed by atoms with Crippen molar-refractivity contribution in [2.24, 2.45) is 5.92 Å². The van der Waals surface area contributed by atoms with Crippen LogP contribution in [0.3, 0.4) is 0 Å². The Kier molecular flexibility index (Phi) is 3.53. The monoisotopic (exact) mass is 229 g/mol. The molecule has 0 atom stereocenters. The van der Waals surface area contributed by atoms with Gasteiger partial charge in [0.05, 0.1) is 11.3 Å². The smallest absolute Gasteiger partial charge is 0.101 e. The minimum absolute atomic E-state index is 0.563. The number of benzene rings is 1. The van der Waals surface area contributed by atoms with Crippen molar-refractivity contribution >= 4 is 11.4 Å². The molecule has 90 valence electrons. The van der Waals surface area contributed by atoms with Crippen molar-refractivity contribution < 1.29 is 0 Å². The lowest BCUT2D eigenvalue weighted by Crippen LogP contribution is -2.32. The molecule has 1 aliphatic carbocycles. The average molecular weight is 229 g/mol. The maximum Gasteiger partial charge on any atom is 0.101 e. The molecule has 0 aromatic heterocycles. The molecule has 3 heteroatoms.